The number of fused-ring (bicyclic) bond motifs is 1. The van der Waals surface area contributed by atoms with Crippen LogP contribution in [0.25, 0.3) is 11.0 Å². The number of ketones is 1. The molecule has 0 amide bonds. The highest BCUT2D eigenvalue weighted by Crippen LogP contribution is 2.23. The van der Waals surface area contributed by atoms with Crippen LogP contribution in [-0.2, 0) is 0 Å². The van der Waals surface area contributed by atoms with Crippen molar-refractivity contribution in [3.8, 4) is 0 Å². The second-order valence-electron chi connectivity index (χ2n) is 3.31. The third-order valence-corrected chi connectivity index (χ3v) is 2.70. The van der Waals surface area contributed by atoms with E-state index >= 15 is 0 Å². The maximum Gasteiger partial charge on any atom is 0.208 e. The average molecular weight is 271 g/mol. The first kappa shape index (κ1) is 10.4. The summed E-state index contributed by atoms with van der Waals surface area (Å²) in [4.78, 5) is 11.3. The van der Waals surface area contributed by atoms with Crippen LogP contribution in [0.4, 0.5) is 4.39 Å². The van der Waals surface area contributed by atoms with Gasteiger partial charge in [0.05, 0.1) is 5.33 Å². The molecule has 0 radical (unpaired) electrons. The molecule has 1 aromatic carbocycles. The number of rotatable bonds is 2. The molecular formula is C11H8BrFO2. The molecule has 1 heterocycles. The van der Waals surface area contributed by atoms with E-state index in [1.165, 1.54) is 6.07 Å². The van der Waals surface area contributed by atoms with Crippen LogP contribution < -0.4 is 0 Å². The largest absolute Gasteiger partial charge is 0.453 e. The molecule has 0 aliphatic carbocycles. The van der Waals surface area contributed by atoms with Gasteiger partial charge in [-0.05, 0) is 30.7 Å². The molecule has 1 aromatic heterocycles. The molecule has 4 heteroatoms. The molecule has 2 aromatic rings. The zero-order chi connectivity index (χ0) is 11.0. The number of carbonyl (C=O) groups is 1. The maximum absolute atomic E-state index is 13.2. The number of furan rings is 1. The minimum atomic E-state index is -0.291. The number of alkyl halides is 1. The van der Waals surface area contributed by atoms with Crippen molar-refractivity contribution < 1.29 is 13.6 Å². The molecule has 0 saturated heterocycles. The van der Waals surface area contributed by atoms with E-state index in [1.54, 1.807) is 19.1 Å². The van der Waals surface area contributed by atoms with E-state index in [0.717, 1.165) is 0 Å². The highest BCUT2D eigenvalue weighted by Gasteiger charge is 2.12. The van der Waals surface area contributed by atoms with Crippen molar-refractivity contribution >= 4 is 32.7 Å². The van der Waals surface area contributed by atoms with Gasteiger partial charge in [-0.15, -0.1) is 0 Å². The smallest absolute Gasteiger partial charge is 0.208 e. The lowest BCUT2D eigenvalue weighted by molar-refractivity contribution is 0.0995. The Hall–Kier alpha value is -1.16. The predicted octanol–water partition coefficient (Wildman–Crippen LogP) is 3.46. The lowest BCUT2D eigenvalue weighted by Crippen LogP contribution is -1.96. The summed E-state index contributed by atoms with van der Waals surface area (Å²) in [5, 5.41) is 0.816. The van der Waals surface area contributed by atoms with Gasteiger partial charge >= 0.3 is 0 Å². The van der Waals surface area contributed by atoms with Crippen molar-refractivity contribution in [1.82, 2.24) is 0 Å². The molecule has 0 bridgehead atoms. The first-order valence-electron chi connectivity index (χ1n) is 4.40. The van der Waals surface area contributed by atoms with Crippen LogP contribution in [0.15, 0.2) is 22.6 Å². The summed E-state index contributed by atoms with van der Waals surface area (Å²) < 4.78 is 18.5. The Morgan fingerprint density at radius 1 is 1.47 bits per heavy atom. The number of hydrogen-bond acceptors (Lipinski definition) is 2. The van der Waals surface area contributed by atoms with Gasteiger partial charge in [-0.3, -0.25) is 4.79 Å². The highest BCUT2D eigenvalue weighted by atomic mass is 79.9. The summed E-state index contributed by atoms with van der Waals surface area (Å²) in [5.74, 6) is -0.183. The van der Waals surface area contributed by atoms with E-state index in [2.05, 4.69) is 15.9 Å². The van der Waals surface area contributed by atoms with Gasteiger partial charge in [-0.1, -0.05) is 15.9 Å². The summed E-state index contributed by atoms with van der Waals surface area (Å²) in [6.45, 7) is 1.66. The molecule has 0 aliphatic heterocycles. The highest BCUT2D eigenvalue weighted by molar-refractivity contribution is 9.09. The second-order valence-corrected chi connectivity index (χ2v) is 3.87. The topological polar surface area (TPSA) is 30.2 Å². The summed E-state index contributed by atoms with van der Waals surface area (Å²) in [7, 11) is 0. The van der Waals surface area contributed by atoms with Crippen molar-refractivity contribution in [3.63, 3.8) is 0 Å². The Labute approximate surface area is 94.2 Å². The van der Waals surface area contributed by atoms with Crippen molar-refractivity contribution in [2.45, 2.75) is 6.92 Å². The van der Waals surface area contributed by atoms with E-state index in [-0.39, 0.29) is 22.7 Å². The fraction of sp³-hybridized carbons (Fsp3) is 0.182. The van der Waals surface area contributed by atoms with Gasteiger partial charge in [-0.25, -0.2) is 4.39 Å². The van der Waals surface area contributed by atoms with Crippen LogP contribution in [0, 0.1) is 12.7 Å². The van der Waals surface area contributed by atoms with Crippen molar-refractivity contribution in [2.75, 3.05) is 5.33 Å². The fourth-order valence-corrected chi connectivity index (χ4v) is 1.64. The molecule has 2 nitrogen and oxygen atoms in total. The van der Waals surface area contributed by atoms with Gasteiger partial charge in [0.2, 0.25) is 5.78 Å². The number of carbonyl (C=O) groups excluding carboxylic acids is 1. The molecule has 15 heavy (non-hydrogen) atoms. The normalized spacial score (nSPS) is 10.9. The Kier molecular flexibility index (Phi) is 2.61. The van der Waals surface area contributed by atoms with Gasteiger partial charge in [0.25, 0.3) is 0 Å². The monoisotopic (exact) mass is 270 g/mol. The van der Waals surface area contributed by atoms with Crippen LogP contribution in [0.2, 0.25) is 0 Å². The van der Waals surface area contributed by atoms with Crippen molar-refractivity contribution in [3.05, 3.63) is 35.3 Å². The molecule has 0 unspecified atom stereocenters. The minimum Gasteiger partial charge on any atom is -0.453 e. The molecule has 2 rings (SSSR count). The number of aryl methyl sites for hydroxylation is 1. The predicted molar refractivity (Wildman–Crippen MR) is 59.0 cm³/mol. The van der Waals surface area contributed by atoms with Gasteiger partial charge < -0.3 is 4.42 Å². The molecule has 0 fully saturated rings. The number of benzene rings is 1. The lowest BCUT2D eigenvalue weighted by Gasteiger charge is -1.93. The maximum atomic E-state index is 13.2. The molecule has 0 spiro atoms. The number of halogens is 2. The Bertz CT molecular complexity index is 492. The van der Waals surface area contributed by atoms with E-state index in [1.807, 2.05) is 0 Å². The molecular weight excluding hydrogens is 263 g/mol. The van der Waals surface area contributed by atoms with Gasteiger partial charge in [-0.2, -0.15) is 0 Å². The quantitative estimate of drug-likeness (QED) is 0.618. The minimum absolute atomic E-state index is 0.149. The van der Waals surface area contributed by atoms with E-state index in [9.17, 15) is 9.18 Å². The third-order valence-electron chi connectivity index (χ3n) is 2.19. The van der Waals surface area contributed by atoms with E-state index in [4.69, 9.17) is 4.42 Å². The third kappa shape index (κ3) is 1.81. The zero-order valence-electron chi connectivity index (χ0n) is 8.01. The summed E-state index contributed by atoms with van der Waals surface area (Å²) in [6, 6.07) is 4.52. The van der Waals surface area contributed by atoms with Crippen LogP contribution in [0.3, 0.4) is 0 Å². The van der Waals surface area contributed by atoms with Gasteiger partial charge in [0.1, 0.15) is 11.4 Å². The molecule has 78 valence electrons. The van der Waals surface area contributed by atoms with Crippen LogP contribution in [0.1, 0.15) is 16.1 Å². The fourth-order valence-electron chi connectivity index (χ4n) is 1.36. The standard InChI is InChI=1S/C11H8BrFO2/c1-6-2-10-7(3-8(6)13)4-11(15-10)9(14)5-12/h2-4H,5H2,1H3. The Balaban J connectivity index is 2.61. The summed E-state index contributed by atoms with van der Waals surface area (Å²) in [6.07, 6.45) is 0. The van der Waals surface area contributed by atoms with E-state index < -0.39 is 0 Å². The molecule has 0 saturated carbocycles. The van der Waals surface area contributed by atoms with Crippen molar-refractivity contribution in [2.24, 2.45) is 0 Å². The van der Waals surface area contributed by atoms with Crippen LogP contribution >= 0.6 is 15.9 Å². The first-order valence-corrected chi connectivity index (χ1v) is 5.53. The summed E-state index contributed by atoms with van der Waals surface area (Å²) >= 11 is 3.05. The Morgan fingerprint density at radius 2 is 2.20 bits per heavy atom. The zero-order valence-corrected chi connectivity index (χ0v) is 9.60. The molecule has 0 aliphatic rings. The first-order chi connectivity index (χ1) is 7.11. The Morgan fingerprint density at radius 3 is 2.87 bits per heavy atom. The van der Waals surface area contributed by atoms with Crippen LogP contribution in [-0.4, -0.2) is 11.1 Å². The van der Waals surface area contributed by atoms with Crippen molar-refractivity contribution in [1.29, 1.82) is 0 Å². The van der Waals surface area contributed by atoms with Crippen LogP contribution in [0.5, 0.6) is 0 Å². The lowest BCUT2D eigenvalue weighted by atomic mass is 10.2. The molecule has 0 N–H and O–H groups in total. The van der Waals surface area contributed by atoms with Gasteiger partial charge in [0, 0.05) is 5.39 Å². The average Bonchev–Trinajstić information content (AvgIpc) is 2.60. The second kappa shape index (κ2) is 3.77. The molecule has 0 atom stereocenters. The van der Waals surface area contributed by atoms with E-state index in [0.29, 0.717) is 16.5 Å². The number of Topliss-reactive ketones (excluding diaryl/α,β-unsaturated/α-hetero) is 1. The number of hydrogen-bond donors (Lipinski definition) is 0. The summed E-state index contributed by atoms with van der Waals surface area (Å²) in [5.41, 5.74) is 1.05. The van der Waals surface area contributed by atoms with Gasteiger partial charge in [0.15, 0.2) is 5.76 Å². The SMILES string of the molecule is Cc1cc2oc(C(=O)CBr)cc2cc1F.